The summed E-state index contributed by atoms with van der Waals surface area (Å²) >= 11 is 0. The summed E-state index contributed by atoms with van der Waals surface area (Å²) in [5.74, 6) is 1.38. The van der Waals surface area contributed by atoms with Crippen LogP contribution < -0.4 is 10.1 Å². The Bertz CT molecular complexity index is 551. The van der Waals surface area contributed by atoms with Gasteiger partial charge in [0.15, 0.2) is 11.5 Å². The quantitative estimate of drug-likeness (QED) is 0.800. The molecule has 0 aliphatic heterocycles. The van der Waals surface area contributed by atoms with Gasteiger partial charge >= 0.3 is 0 Å². The summed E-state index contributed by atoms with van der Waals surface area (Å²) in [4.78, 5) is 7.99. The van der Waals surface area contributed by atoms with Gasteiger partial charge in [0.2, 0.25) is 0 Å². The summed E-state index contributed by atoms with van der Waals surface area (Å²) in [6, 6.07) is 11.7. The highest BCUT2D eigenvalue weighted by atomic mass is 16.5. The molecule has 0 bridgehead atoms. The Morgan fingerprint density at radius 1 is 1.16 bits per heavy atom. The van der Waals surface area contributed by atoms with E-state index in [1.165, 1.54) is 6.20 Å². The van der Waals surface area contributed by atoms with Gasteiger partial charge in [0, 0.05) is 18.9 Å². The van der Waals surface area contributed by atoms with Crippen LogP contribution in [0.15, 0.2) is 42.7 Å². The zero-order valence-electron chi connectivity index (χ0n) is 10.4. The third kappa shape index (κ3) is 3.96. The smallest absolute Gasteiger partial charge is 0.182 e. The number of nitriles is 1. The Balaban J connectivity index is 1.71. The molecule has 0 spiro atoms. The number of hydrogen-bond acceptors (Lipinski definition) is 5. The lowest BCUT2D eigenvalue weighted by atomic mass is 10.3. The number of hydrogen-bond donors (Lipinski definition) is 1. The van der Waals surface area contributed by atoms with E-state index in [2.05, 4.69) is 15.3 Å². The first kappa shape index (κ1) is 12.8. The Morgan fingerprint density at radius 2 is 1.95 bits per heavy atom. The van der Waals surface area contributed by atoms with E-state index in [9.17, 15) is 0 Å². The molecule has 5 nitrogen and oxygen atoms in total. The molecule has 1 aromatic heterocycles. The lowest BCUT2D eigenvalue weighted by Gasteiger charge is -2.07. The van der Waals surface area contributed by atoms with Gasteiger partial charge in [-0.25, -0.2) is 9.97 Å². The van der Waals surface area contributed by atoms with E-state index in [0.29, 0.717) is 24.7 Å². The van der Waals surface area contributed by atoms with Crippen molar-refractivity contribution in [2.45, 2.75) is 6.42 Å². The number of nitrogens with zero attached hydrogens (tertiary/aromatic N) is 3. The van der Waals surface area contributed by atoms with Gasteiger partial charge in [-0.05, 0) is 18.6 Å². The highest BCUT2D eigenvalue weighted by Gasteiger charge is 2.02. The van der Waals surface area contributed by atoms with E-state index < -0.39 is 0 Å². The van der Waals surface area contributed by atoms with Crippen molar-refractivity contribution in [1.82, 2.24) is 9.97 Å². The largest absolute Gasteiger partial charge is 0.494 e. The first-order valence-electron chi connectivity index (χ1n) is 6.03. The van der Waals surface area contributed by atoms with Crippen LogP contribution in [0.5, 0.6) is 5.75 Å². The predicted molar refractivity (Wildman–Crippen MR) is 71.8 cm³/mol. The van der Waals surface area contributed by atoms with Gasteiger partial charge in [0.25, 0.3) is 0 Å². The fourth-order valence-electron chi connectivity index (χ4n) is 1.53. The first-order valence-corrected chi connectivity index (χ1v) is 6.03. The summed E-state index contributed by atoms with van der Waals surface area (Å²) in [6.07, 6.45) is 3.88. The summed E-state index contributed by atoms with van der Waals surface area (Å²) in [5, 5.41) is 11.9. The standard InChI is InChI=1S/C14H14N4O/c15-11-13-14(18-9-8-16-13)17-7-4-10-19-12-5-2-1-3-6-12/h1-3,5-6,8-9H,4,7,10H2,(H,17,18). The van der Waals surface area contributed by atoms with Crippen LogP contribution in [-0.2, 0) is 0 Å². The SMILES string of the molecule is N#Cc1nccnc1NCCCOc1ccccc1. The third-order valence-corrected chi connectivity index (χ3v) is 2.43. The van der Waals surface area contributed by atoms with Crippen LogP contribution >= 0.6 is 0 Å². The first-order chi connectivity index (χ1) is 9.40. The molecule has 1 aromatic carbocycles. The Labute approximate surface area is 111 Å². The lowest BCUT2D eigenvalue weighted by Crippen LogP contribution is -2.09. The lowest BCUT2D eigenvalue weighted by molar-refractivity contribution is 0.315. The maximum atomic E-state index is 8.85. The van der Waals surface area contributed by atoms with Crippen LogP contribution in [0.4, 0.5) is 5.82 Å². The second-order valence-corrected chi connectivity index (χ2v) is 3.81. The number of para-hydroxylation sites is 1. The minimum atomic E-state index is 0.312. The molecule has 0 fully saturated rings. The number of nitrogens with one attached hydrogen (secondary N) is 1. The van der Waals surface area contributed by atoms with Crippen LogP contribution in [0.1, 0.15) is 12.1 Å². The molecule has 5 heteroatoms. The molecule has 0 saturated heterocycles. The minimum Gasteiger partial charge on any atom is -0.494 e. The molecular formula is C14H14N4O. The van der Waals surface area contributed by atoms with Gasteiger partial charge < -0.3 is 10.1 Å². The van der Waals surface area contributed by atoms with Crippen molar-refractivity contribution in [2.24, 2.45) is 0 Å². The van der Waals surface area contributed by atoms with Crippen molar-refractivity contribution in [3.8, 4) is 11.8 Å². The molecule has 0 atom stereocenters. The van der Waals surface area contributed by atoms with Gasteiger partial charge in [-0.2, -0.15) is 5.26 Å². The maximum absolute atomic E-state index is 8.85. The van der Waals surface area contributed by atoms with Crippen LogP contribution in [0, 0.1) is 11.3 Å². The molecule has 0 amide bonds. The normalized spacial score (nSPS) is 9.63. The average molecular weight is 254 g/mol. The van der Waals surface area contributed by atoms with E-state index in [1.807, 2.05) is 36.4 Å². The molecule has 19 heavy (non-hydrogen) atoms. The van der Waals surface area contributed by atoms with E-state index in [4.69, 9.17) is 10.00 Å². The van der Waals surface area contributed by atoms with Crippen molar-refractivity contribution in [3.05, 3.63) is 48.4 Å². The molecule has 2 aromatic rings. The van der Waals surface area contributed by atoms with Gasteiger partial charge in [0.1, 0.15) is 11.8 Å². The Kier molecular flexibility index (Phi) is 4.71. The van der Waals surface area contributed by atoms with Crippen molar-refractivity contribution in [3.63, 3.8) is 0 Å². The van der Waals surface area contributed by atoms with Gasteiger partial charge in [-0.15, -0.1) is 0 Å². The third-order valence-electron chi connectivity index (χ3n) is 2.43. The topological polar surface area (TPSA) is 70.8 Å². The van der Waals surface area contributed by atoms with E-state index in [0.717, 1.165) is 12.2 Å². The molecule has 1 heterocycles. The molecule has 0 saturated carbocycles. The van der Waals surface area contributed by atoms with Gasteiger partial charge in [0.05, 0.1) is 6.61 Å². The van der Waals surface area contributed by atoms with Crippen LogP contribution in [0.2, 0.25) is 0 Å². The zero-order chi connectivity index (χ0) is 13.3. The van der Waals surface area contributed by atoms with E-state index >= 15 is 0 Å². The van der Waals surface area contributed by atoms with Crippen molar-refractivity contribution < 1.29 is 4.74 Å². The molecule has 96 valence electrons. The molecule has 0 aliphatic carbocycles. The summed E-state index contributed by atoms with van der Waals surface area (Å²) in [7, 11) is 0. The number of rotatable bonds is 6. The van der Waals surface area contributed by atoms with Crippen LogP contribution in [-0.4, -0.2) is 23.1 Å². The van der Waals surface area contributed by atoms with Gasteiger partial charge in [-0.1, -0.05) is 18.2 Å². The highest BCUT2D eigenvalue weighted by Crippen LogP contribution is 2.09. The number of benzene rings is 1. The predicted octanol–water partition coefficient (Wildman–Crippen LogP) is 2.23. The molecule has 1 N–H and O–H groups in total. The number of anilines is 1. The zero-order valence-corrected chi connectivity index (χ0v) is 10.4. The van der Waals surface area contributed by atoms with Crippen LogP contribution in [0.3, 0.4) is 0 Å². The maximum Gasteiger partial charge on any atom is 0.182 e. The molecular weight excluding hydrogens is 240 g/mol. The second-order valence-electron chi connectivity index (χ2n) is 3.81. The minimum absolute atomic E-state index is 0.312. The van der Waals surface area contributed by atoms with Crippen LogP contribution in [0.25, 0.3) is 0 Å². The fraction of sp³-hybridized carbons (Fsp3) is 0.214. The van der Waals surface area contributed by atoms with E-state index in [-0.39, 0.29) is 0 Å². The second kappa shape index (κ2) is 6.97. The van der Waals surface area contributed by atoms with Crippen molar-refractivity contribution in [2.75, 3.05) is 18.5 Å². The molecule has 0 unspecified atom stereocenters. The summed E-state index contributed by atoms with van der Waals surface area (Å²) in [6.45, 7) is 1.29. The van der Waals surface area contributed by atoms with Gasteiger partial charge in [-0.3, -0.25) is 0 Å². The van der Waals surface area contributed by atoms with Crippen molar-refractivity contribution in [1.29, 1.82) is 5.26 Å². The fourth-order valence-corrected chi connectivity index (χ4v) is 1.53. The number of ether oxygens (including phenoxy) is 1. The Morgan fingerprint density at radius 3 is 2.74 bits per heavy atom. The average Bonchev–Trinajstić information content (AvgIpc) is 2.48. The summed E-state index contributed by atoms with van der Waals surface area (Å²) < 4.78 is 5.56. The molecule has 2 rings (SSSR count). The van der Waals surface area contributed by atoms with Crippen molar-refractivity contribution >= 4 is 5.82 Å². The monoisotopic (exact) mass is 254 g/mol. The van der Waals surface area contributed by atoms with E-state index in [1.54, 1.807) is 6.20 Å². The molecule has 0 radical (unpaired) electrons. The molecule has 0 aliphatic rings. The highest BCUT2D eigenvalue weighted by molar-refractivity contribution is 5.46. The summed E-state index contributed by atoms with van der Waals surface area (Å²) in [5.41, 5.74) is 0.312. The Hall–Kier alpha value is -2.61. The number of aromatic nitrogens is 2.